The third-order valence-corrected chi connectivity index (χ3v) is 6.18. The molecule has 0 saturated carbocycles. The second kappa shape index (κ2) is 6.04. The van der Waals surface area contributed by atoms with Crippen LogP contribution in [0.25, 0.3) is 10.9 Å². The number of rotatable bonds is 2. The molecule has 127 valence electrons. The molecule has 1 fully saturated rings. The monoisotopic (exact) mass is 410 g/mol. The summed E-state index contributed by atoms with van der Waals surface area (Å²) in [5, 5.41) is 1.19. The van der Waals surface area contributed by atoms with E-state index >= 15 is 0 Å². The Balaban J connectivity index is 0.00000157. The summed E-state index contributed by atoms with van der Waals surface area (Å²) in [6, 6.07) is 8.35. The zero-order valence-electron chi connectivity index (χ0n) is 14.7. The van der Waals surface area contributed by atoms with Crippen molar-refractivity contribution in [3.8, 4) is 0 Å². The van der Waals surface area contributed by atoms with E-state index in [4.69, 9.17) is 9.72 Å². The van der Waals surface area contributed by atoms with Crippen LogP contribution >= 0.6 is 0 Å². The standard InChI is InChI=1S/C20H21N2O2.Y/c1-3-13-8-12-9-20(19(23)24-2)17-15(11-22(10-12)18(13)20)14-6-4-5-7-16(14)21-17;/h4-8,12,18H,3,9-11H2,1-2H3;/q-1;. The van der Waals surface area contributed by atoms with E-state index in [-0.39, 0.29) is 44.7 Å². The Morgan fingerprint density at radius 1 is 1.40 bits per heavy atom. The number of esters is 1. The molecule has 1 aromatic heterocycles. The molecule has 1 saturated heterocycles. The summed E-state index contributed by atoms with van der Waals surface area (Å²) in [7, 11) is 1.51. The first kappa shape index (κ1) is 17.4. The second-order valence-corrected chi connectivity index (χ2v) is 7.31. The van der Waals surface area contributed by atoms with Crippen LogP contribution in [-0.4, -0.2) is 30.6 Å². The summed E-state index contributed by atoms with van der Waals surface area (Å²) in [4.78, 5) is 20.5. The Morgan fingerprint density at radius 3 is 2.96 bits per heavy atom. The Bertz CT molecular complexity index is 887. The average molecular weight is 410 g/mol. The van der Waals surface area contributed by atoms with Gasteiger partial charge in [0.1, 0.15) is 0 Å². The number of para-hydroxylation sites is 1. The van der Waals surface area contributed by atoms with Gasteiger partial charge in [0.25, 0.3) is 0 Å². The zero-order valence-corrected chi connectivity index (χ0v) is 17.5. The van der Waals surface area contributed by atoms with Gasteiger partial charge in [0.05, 0.1) is 12.5 Å². The van der Waals surface area contributed by atoms with E-state index in [0.29, 0.717) is 5.92 Å². The molecule has 4 unspecified atom stereocenters. The number of aromatic nitrogens is 1. The van der Waals surface area contributed by atoms with Gasteiger partial charge in [0, 0.05) is 51.8 Å². The molecule has 3 aliphatic heterocycles. The largest absolute Gasteiger partial charge is 0.660 e. The number of carbonyl (C=O) groups excluding carboxylic acids is 1. The van der Waals surface area contributed by atoms with E-state index in [2.05, 4.69) is 30.0 Å². The van der Waals surface area contributed by atoms with E-state index in [9.17, 15) is 4.79 Å². The van der Waals surface area contributed by atoms with Crippen LogP contribution in [0, 0.1) is 5.92 Å². The van der Waals surface area contributed by atoms with Gasteiger partial charge < -0.3 is 9.72 Å². The third-order valence-electron chi connectivity index (χ3n) is 6.18. The van der Waals surface area contributed by atoms with E-state index < -0.39 is 5.41 Å². The average Bonchev–Trinajstić information content (AvgIpc) is 2.99. The first-order valence-corrected chi connectivity index (χ1v) is 8.77. The predicted molar refractivity (Wildman–Crippen MR) is 91.6 cm³/mol. The number of nitrogens with zero attached hydrogens (tertiary/aromatic N) is 2. The van der Waals surface area contributed by atoms with E-state index in [0.717, 1.165) is 37.1 Å². The van der Waals surface area contributed by atoms with E-state index in [1.54, 1.807) is 0 Å². The molecule has 5 heteroatoms. The van der Waals surface area contributed by atoms with Crippen LogP contribution in [0.5, 0.6) is 0 Å². The second-order valence-electron chi connectivity index (χ2n) is 7.31. The van der Waals surface area contributed by atoms with Gasteiger partial charge in [-0.2, -0.15) is 0 Å². The molecule has 25 heavy (non-hydrogen) atoms. The van der Waals surface area contributed by atoms with Crippen molar-refractivity contribution in [2.24, 2.45) is 5.92 Å². The number of carbonyl (C=O) groups is 1. The minimum absolute atomic E-state index is 0. The third kappa shape index (κ3) is 2.14. The number of piperidine rings is 1. The first-order chi connectivity index (χ1) is 11.7. The maximum absolute atomic E-state index is 13.1. The van der Waals surface area contributed by atoms with Gasteiger partial charge in [-0.25, -0.2) is 0 Å². The number of ether oxygens (including phenoxy) is 1. The summed E-state index contributed by atoms with van der Waals surface area (Å²) in [6.07, 6.45) is 4.20. The number of methoxy groups -OCH3 is 1. The van der Waals surface area contributed by atoms with Crippen molar-refractivity contribution in [2.75, 3.05) is 13.7 Å². The molecule has 1 aromatic carbocycles. The van der Waals surface area contributed by atoms with Crippen LogP contribution in [0.15, 0.2) is 35.9 Å². The van der Waals surface area contributed by atoms with Gasteiger partial charge in [-0.1, -0.05) is 42.8 Å². The fourth-order valence-electron chi connectivity index (χ4n) is 5.41. The number of fused-ring (bicyclic) bond motifs is 3. The molecular weight excluding hydrogens is 389 g/mol. The van der Waals surface area contributed by atoms with Crippen molar-refractivity contribution in [3.05, 3.63) is 47.2 Å². The Labute approximate surface area is 172 Å². The summed E-state index contributed by atoms with van der Waals surface area (Å²) in [6.45, 7) is 4.10. The SMILES string of the molecule is CCC1=CC2CN3Cc4c([n-]c5ccccc45)C(C(=O)OC)(C2)C13.[Y]. The molecule has 4 heterocycles. The van der Waals surface area contributed by atoms with Crippen LogP contribution < -0.4 is 4.98 Å². The van der Waals surface area contributed by atoms with Crippen molar-refractivity contribution < 1.29 is 42.2 Å². The molecule has 4 aliphatic rings. The summed E-state index contributed by atoms with van der Waals surface area (Å²) in [5.74, 6) is 0.294. The Kier molecular flexibility index (Phi) is 4.21. The maximum Gasteiger partial charge on any atom is 0.316 e. The Hall–Kier alpha value is -0.966. The smallest absolute Gasteiger partial charge is 0.316 e. The number of benzene rings is 1. The van der Waals surface area contributed by atoms with Gasteiger partial charge in [0.2, 0.25) is 0 Å². The topological polar surface area (TPSA) is 43.6 Å². The fraction of sp³-hybridized carbons (Fsp3) is 0.450. The summed E-state index contributed by atoms with van der Waals surface area (Å²) >= 11 is 0. The molecule has 0 amide bonds. The zero-order chi connectivity index (χ0) is 16.5. The van der Waals surface area contributed by atoms with Crippen molar-refractivity contribution in [2.45, 2.75) is 37.8 Å². The van der Waals surface area contributed by atoms with Gasteiger partial charge in [-0.05, 0) is 29.7 Å². The molecule has 2 aromatic rings. The quantitative estimate of drug-likeness (QED) is 0.564. The van der Waals surface area contributed by atoms with Crippen LogP contribution in [-0.2, 0) is 54.2 Å². The molecule has 4 atom stereocenters. The van der Waals surface area contributed by atoms with Gasteiger partial charge in [-0.15, -0.1) is 11.2 Å². The number of hydrogen-bond donors (Lipinski definition) is 0. The van der Waals surface area contributed by atoms with Crippen LogP contribution in [0.3, 0.4) is 0 Å². The predicted octanol–water partition coefficient (Wildman–Crippen LogP) is 2.76. The molecule has 0 N–H and O–H groups in total. The Morgan fingerprint density at radius 2 is 2.20 bits per heavy atom. The molecule has 0 spiro atoms. The first-order valence-electron chi connectivity index (χ1n) is 8.77. The normalized spacial score (nSPS) is 31.9. The van der Waals surface area contributed by atoms with Gasteiger partial charge in [0.15, 0.2) is 0 Å². The van der Waals surface area contributed by atoms with Crippen LogP contribution in [0.2, 0.25) is 0 Å². The van der Waals surface area contributed by atoms with Crippen LogP contribution in [0.4, 0.5) is 0 Å². The maximum atomic E-state index is 13.1. The van der Waals surface area contributed by atoms with E-state index in [1.165, 1.54) is 23.6 Å². The molecule has 1 aliphatic carbocycles. The summed E-state index contributed by atoms with van der Waals surface area (Å²) < 4.78 is 5.33. The van der Waals surface area contributed by atoms with Gasteiger partial charge in [-0.3, -0.25) is 9.69 Å². The molecule has 1 radical (unpaired) electrons. The molecule has 4 nitrogen and oxygen atoms in total. The molecule has 4 bridgehead atoms. The van der Waals surface area contributed by atoms with Crippen LogP contribution in [0.1, 0.15) is 31.0 Å². The van der Waals surface area contributed by atoms with Crippen molar-refractivity contribution >= 4 is 16.9 Å². The minimum Gasteiger partial charge on any atom is -0.660 e. The fourth-order valence-corrected chi connectivity index (χ4v) is 5.41. The summed E-state index contributed by atoms with van der Waals surface area (Å²) in [5.41, 5.74) is 3.94. The molecule has 6 rings (SSSR count). The van der Waals surface area contributed by atoms with Crippen molar-refractivity contribution in [1.29, 1.82) is 0 Å². The number of hydrogen-bond acceptors (Lipinski definition) is 3. The molecular formula is C20H21N2O2Y-. The van der Waals surface area contributed by atoms with Gasteiger partial charge >= 0.3 is 5.97 Å². The van der Waals surface area contributed by atoms with Crippen molar-refractivity contribution in [3.63, 3.8) is 0 Å². The minimum atomic E-state index is -0.635. The van der Waals surface area contributed by atoms with Crippen molar-refractivity contribution in [1.82, 2.24) is 9.88 Å². The van der Waals surface area contributed by atoms with E-state index in [1.807, 2.05) is 12.1 Å².